The van der Waals surface area contributed by atoms with Crippen LogP contribution in [-0.4, -0.2) is 48.7 Å². The van der Waals surface area contributed by atoms with Gasteiger partial charge in [0.15, 0.2) is 5.17 Å². The van der Waals surface area contributed by atoms with Gasteiger partial charge in [-0.15, -0.1) is 0 Å². The molecule has 1 aliphatic heterocycles. The van der Waals surface area contributed by atoms with Crippen molar-refractivity contribution >= 4 is 39.7 Å². The Kier molecular flexibility index (Phi) is 7.54. The fourth-order valence-corrected chi connectivity index (χ4v) is 6.16. The molecule has 0 aliphatic carbocycles. The van der Waals surface area contributed by atoms with Crippen molar-refractivity contribution in [3.05, 3.63) is 58.3 Å². The highest BCUT2D eigenvalue weighted by atomic mass is 32.2. The first kappa shape index (κ1) is 26.6. The molecule has 0 saturated carbocycles. The fraction of sp³-hybridized carbons (Fsp3) is 0.393. The number of ether oxygens (including phenoxy) is 3. The van der Waals surface area contributed by atoms with Crippen LogP contribution in [0.2, 0.25) is 0 Å². The number of amides is 1. The molecule has 1 N–H and O–H groups in total. The molecule has 1 aliphatic rings. The quantitative estimate of drug-likeness (QED) is 0.443. The van der Waals surface area contributed by atoms with Crippen LogP contribution in [0.1, 0.15) is 46.1 Å². The zero-order valence-electron chi connectivity index (χ0n) is 22.4. The number of benzene rings is 2. The van der Waals surface area contributed by atoms with Crippen LogP contribution in [0.25, 0.3) is 10.9 Å². The van der Waals surface area contributed by atoms with E-state index < -0.39 is 11.5 Å². The molecule has 0 fully saturated rings. The molecule has 4 rings (SSSR count). The highest BCUT2D eigenvalue weighted by molar-refractivity contribution is 8.14. The number of hydrogen-bond acceptors (Lipinski definition) is 7. The maximum absolute atomic E-state index is 13.5. The number of nitrogens with one attached hydrogen (secondary N) is 1. The summed E-state index contributed by atoms with van der Waals surface area (Å²) < 4.78 is 17.9. The van der Waals surface area contributed by atoms with Crippen molar-refractivity contribution < 1.29 is 23.8 Å². The molecule has 2 heterocycles. The first-order chi connectivity index (χ1) is 17.7. The summed E-state index contributed by atoms with van der Waals surface area (Å²) in [5, 5.41) is 4.41. The lowest BCUT2D eigenvalue weighted by Gasteiger charge is -2.27. The summed E-state index contributed by atoms with van der Waals surface area (Å²) in [6.45, 7) is 7.96. The molecule has 9 heteroatoms. The predicted octanol–water partition coefficient (Wildman–Crippen LogP) is 4.89. The summed E-state index contributed by atoms with van der Waals surface area (Å²) in [6, 6.07) is 9.79. The largest absolute Gasteiger partial charge is 0.496 e. The molecule has 37 heavy (non-hydrogen) atoms. The highest BCUT2D eigenvalue weighted by Crippen LogP contribution is 2.45. The molecule has 0 radical (unpaired) electrons. The lowest BCUT2D eigenvalue weighted by atomic mass is 9.88. The molecule has 196 valence electrons. The predicted molar refractivity (Wildman–Crippen MR) is 147 cm³/mol. The van der Waals surface area contributed by atoms with Crippen LogP contribution < -0.4 is 14.8 Å². The van der Waals surface area contributed by atoms with Crippen LogP contribution in [0.4, 0.5) is 0 Å². The second kappa shape index (κ2) is 10.5. The van der Waals surface area contributed by atoms with Gasteiger partial charge in [-0.3, -0.25) is 14.9 Å². The first-order valence-electron chi connectivity index (χ1n) is 12.1. The zero-order valence-corrected chi connectivity index (χ0v) is 23.2. The number of fused-ring (bicyclic) bond motifs is 1. The van der Waals surface area contributed by atoms with E-state index in [0.29, 0.717) is 23.0 Å². The number of amidine groups is 1. The number of methoxy groups -OCH3 is 3. The number of thioether (sulfide) groups is 1. The monoisotopic (exact) mass is 523 g/mol. The van der Waals surface area contributed by atoms with Crippen molar-refractivity contribution in [2.45, 2.75) is 46.2 Å². The van der Waals surface area contributed by atoms with E-state index >= 15 is 0 Å². The smallest absolute Gasteiger partial charge is 0.325 e. The molecule has 1 unspecified atom stereocenters. The Morgan fingerprint density at radius 2 is 1.76 bits per heavy atom. The third-order valence-corrected chi connectivity index (χ3v) is 7.95. The summed E-state index contributed by atoms with van der Waals surface area (Å²) in [4.78, 5) is 30.7. The Bertz CT molecular complexity index is 1410. The number of carbonyl (C=O) groups excluding carboxylic acids is 2. The van der Waals surface area contributed by atoms with Crippen molar-refractivity contribution in [1.29, 1.82) is 0 Å². The average molecular weight is 524 g/mol. The van der Waals surface area contributed by atoms with Crippen LogP contribution in [0.3, 0.4) is 0 Å². The number of esters is 1. The Morgan fingerprint density at radius 3 is 2.41 bits per heavy atom. The number of nitrogens with zero attached hydrogens (tertiary/aromatic N) is 2. The van der Waals surface area contributed by atoms with Crippen molar-refractivity contribution in [2.24, 2.45) is 4.99 Å². The molecular weight excluding hydrogens is 490 g/mol. The van der Waals surface area contributed by atoms with Gasteiger partial charge in [0.05, 0.1) is 26.8 Å². The van der Waals surface area contributed by atoms with E-state index in [1.807, 2.05) is 51.1 Å². The minimum atomic E-state index is -0.577. The van der Waals surface area contributed by atoms with E-state index in [9.17, 15) is 9.59 Å². The third kappa shape index (κ3) is 4.92. The topological polar surface area (TPSA) is 91.2 Å². The van der Waals surface area contributed by atoms with E-state index in [1.54, 1.807) is 18.8 Å². The standard InChI is InChI=1S/C28H33N3O5S/c1-8-28(20-13-22(34-5)17(3)11-23(20)35-6)15-37-27(30-28)29-26(33)21-12-19-10-16(2)9-18(4)25(19)31(21)14-24(32)36-7/h9-13H,8,14-15H2,1-7H3,(H,29,30,33). The van der Waals surface area contributed by atoms with Gasteiger partial charge in [-0.25, -0.2) is 4.99 Å². The normalized spacial score (nSPS) is 17.0. The molecule has 1 amide bonds. The highest BCUT2D eigenvalue weighted by Gasteiger charge is 2.39. The molecule has 3 aromatic rings. The second-order valence-corrected chi connectivity index (χ2v) is 10.2. The minimum absolute atomic E-state index is 0.0640. The molecular formula is C28H33N3O5S. The molecule has 2 aromatic carbocycles. The van der Waals surface area contributed by atoms with Gasteiger partial charge in [0.25, 0.3) is 5.91 Å². The molecule has 0 spiro atoms. The average Bonchev–Trinajstić information content (AvgIpc) is 3.45. The molecule has 8 nitrogen and oxygen atoms in total. The van der Waals surface area contributed by atoms with Gasteiger partial charge in [-0.05, 0) is 62.6 Å². The summed E-state index contributed by atoms with van der Waals surface area (Å²) >= 11 is 1.49. The number of hydrogen-bond donors (Lipinski definition) is 1. The van der Waals surface area contributed by atoms with Crippen LogP contribution in [0, 0.1) is 20.8 Å². The van der Waals surface area contributed by atoms with Crippen molar-refractivity contribution in [1.82, 2.24) is 9.88 Å². The van der Waals surface area contributed by atoms with E-state index in [1.165, 1.54) is 18.9 Å². The number of aliphatic imine (C=N–C) groups is 1. The Labute approximate surface area is 221 Å². The van der Waals surface area contributed by atoms with Gasteiger partial charge in [0.1, 0.15) is 29.3 Å². The van der Waals surface area contributed by atoms with E-state index in [-0.39, 0.29) is 12.5 Å². The van der Waals surface area contributed by atoms with Gasteiger partial charge in [0.2, 0.25) is 0 Å². The van der Waals surface area contributed by atoms with Crippen LogP contribution >= 0.6 is 11.8 Å². The summed E-state index contributed by atoms with van der Waals surface area (Å²) in [7, 11) is 4.63. The maximum atomic E-state index is 13.5. The number of aryl methyl sites for hydroxylation is 3. The maximum Gasteiger partial charge on any atom is 0.325 e. The van der Waals surface area contributed by atoms with Gasteiger partial charge in [-0.2, -0.15) is 0 Å². The first-order valence-corrected chi connectivity index (χ1v) is 13.1. The van der Waals surface area contributed by atoms with Crippen molar-refractivity contribution in [3.8, 4) is 11.5 Å². The molecule has 1 atom stereocenters. The SMILES string of the molecule is CCC1(c2cc(OC)c(C)cc2OC)CSC(NC(=O)c2cc3cc(C)cc(C)c3n2CC(=O)OC)=N1. The minimum Gasteiger partial charge on any atom is -0.496 e. The fourth-order valence-electron chi connectivity index (χ4n) is 4.96. The lowest BCUT2D eigenvalue weighted by Crippen LogP contribution is -2.30. The van der Waals surface area contributed by atoms with E-state index in [2.05, 4.69) is 12.2 Å². The second-order valence-electron chi connectivity index (χ2n) is 9.28. The lowest BCUT2D eigenvalue weighted by molar-refractivity contribution is -0.141. The third-order valence-electron chi connectivity index (χ3n) is 6.86. The van der Waals surface area contributed by atoms with Crippen LogP contribution in [0.5, 0.6) is 11.5 Å². The molecule has 0 bridgehead atoms. The van der Waals surface area contributed by atoms with Gasteiger partial charge < -0.3 is 18.8 Å². The van der Waals surface area contributed by atoms with Crippen molar-refractivity contribution in [2.75, 3.05) is 27.1 Å². The number of carbonyl (C=O) groups is 2. The number of rotatable bonds is 7. The Morgan fingerprint density at radius 1 is 1.03 bits per heavy atom. The van der Waals surface area contributed by atoms with Crippen LogP contribution in [0.15, 0.2) is 35.3 Å². The number of aromatic nitrogens is 1. The summed E-state index contributed by atoms with van der Waals surface area (Å²) in [5.41, 5.74) is 4.59. The molecule has 0 saturated heterocycles. The van der Waals surface area contributed by atoms with Crippen molar-refractivity contribution in [3.63, 3.8) is 0 Å². The van der Waals surface area contributed by atoms with Gasteiger partial charge in [0, 0.05) is 16.7 Å². The summed E-state index contributed by atoms with van der Waals surface area (Å²) in [6.07, 6.45) is 0.711. The van der Waals surface area contributed by atoms with E-state index in [4.69, 9.17) is 19.2 Å². The summed E-state index contributed by atoms with van der Waals surface area (Å²) in [5.74, 6) is 1.39. The van der Waals surface area contributed by atoms with E-state index in [0.717, 1.165) is 44.7 Å². The zero-order chi connectivity index (χ0) is 26.9. The Hall–Kier alpha value is -3.46. The Balaban J connectivity index is 1.72. The van der Waals surface area contributed by atoms with Gasteiger partial charge >= 0.3 is 5.97 Å². The van der Waals surface area contributed by atoms with Gasteiger partial charge in [-0.1, -0.05) is 30.3 Å². The molecule has 1 aromatic heterocycles. The van der Waals surface area contributed by atoms with Crippen LogP contribution in [-0.2, 0) is 21.6 Å².